The van der Waals surface area contributed by atoms with Crippen molar-refractivity contribution in [1.29, 1.82) is 0 Å². The minimum absolute atomic E-state index is 0. The molecular formula is C13H15ClN3O-. The number of hydrogen-bond acceptors (Lipinski definition) is 4. The first-order valence-corrected chi connectivity index (χ1v) is 5.51. The molecule has 1 N–H and O–H groups in total. The van der Waals surface area contributed by atoms with E-state index in [1.54, 1.807) is 13.3 Å². The second kappa shape index (κ2) is 7.50. The molecule has 0 fully saturated rings. The zero-order chi connectivity index (χ0) is 11.9. The summed E-state index contributed by atoms with van der Waals surface area (Å²) in [4.78, 5) is 7.96. The summed E-state index contributed by atoms with van der Waals surface area (Å²) >= 11 is 0. The molecular weight excluding hydrogens is 250 g/mol. The van der Waals surface area contributed by atoms with Gasteiger partial charge in [-0.1, -0.05) is 12.1 Å². The highest BCUT2D eigenvalue weighted by atomic mass is 35.5. The first-order chi connectivity index (χ1) is 8.38. The molecule has 0 unspecified atom stereocenters. The minimum atomic E-state index is 0. The number of nitrogens with zero attached hydrogens (tertiary/aromatic N) is 2. The number of anilines is 1. The highest BCUT2D eigenvalue weighted by Crippen LogP contribution is 2.11. The van der Waals surface area contributed by atoms with E-state index in [1.807, 2.05) is 18.2 Å². The van der Waals surface area contributed by atoms with Crippen LogP contribution in [-0.2, 0) is 6.42 Å². The Morgan fingerprint density at radius 1 is 1.17 bits per heavy atom. The number of rotatable bonds is 5. The van der Waals surface area contributed by atoms with E-state index in [4.69, 9.17) is 4.74 Å². The molecule has 0 amide bonds. The fourth-order valence-electron chi connectivity index (χ4n) is 1.52. The van der Waals surface area contributed by atoms with Crippen LogP contribution in [0.2, 0.25) is 0 Å². The molecule has 0 radical (unpaired) electrons. The molecule has 1 aromatic carbocycles. The Labute approximate surface area is 113 Å². The summed E-state index contributed by atoms with van der Waals surface area (Å²) in [6.07, 6.45) is 4.21. The van der Waals surface area contributed by atoms with Gasteiger partial charge in [0, 0.05) is 12.7 Å². The Kier molecular flexibility index (Phi) is 5.94. The number of halogens is 1. The standard InChI is InChI=1S/C13H15N3O.ClH/c1-17-12-4-2-11(3-5-12)6-9-15-13-7-8-14-10-16-13;/h2-5,7-8,10H,6,9H2,1H3,(H,14,15,16);1H/p-1. The van der Waals surface area contributed by atoms with E-state index in [1.165, 1.54) is 11.9 Å². The van der Waals surface area contributed by atoms with Crippen molar-refractivity contribution in [2.24, 2.45) is 0 Å². The molecule has 2 aromatic rings. The first kappa shape index (κ1) is 14.3. The summed E-state index contributed by atoms with van der Waals surface area (Å²) in [5.41, 5.74) is 1.27. The predicted octanol–water partition coefficient (Wildman–Crippen LogP) is -0.856. The van der Waals surface area contributed by atoms with Crippen LogP contribution in [0.4, 0.5) is 5.82 Å². The lowest BCUT2D eigenvalue weighted by Crippen LogP contribution is -3.00. The largest absolute Gasteiger partial charge is 1.00 e. The Morgan fingerprint density at radius 3 is 2.56 bits per heavy atom. The third-order valence-corrected chi connectivity index (χ3v) is 2.46. The van der Waals surface area contributed by atoms with Crippen molar-refractivity contribution < 1.29 is 17.1 Å². The second-order valence-electron chi connectivity index (χ2n) is 3.62. The Bertz CT molecular complexity index is 448. The van der Waals surface area contributed by atoms with Crippen molar-refractivity contribution in [3.8, 4) is 5.75 Å². The van der Waals surface area contributed by atoms with E-state index >= 15 is 0 Å². The van der Waals surface area contributed by atoms with Gasteiger partial charge in [-0.3, -0.25) is 0 Å². The van der Waals surface area contributed by atoms with Gasteiger partial charge in [-0.05, 0) is 30.2 Å². The molecule has 0 atom stereocenters. The zero-order valence-electron chi connectivity index (χ0n) is 10.1. The molecule has 0 aliphatic heterocycles. The highest BCUT2D eigenvalue weighted by Gasteiger charge is 1.95. The van der Waals surface area contributed by atoms with Crippen LogP contribution < -0.4 is 22.5 Å². The lowest BCUT2D eigenvalue weighted by molar-refractivity contribution is -0.00000392. The molecule has 2 rings (SSSR count). The molecule has 0 aliphatic rings. The summed E-state index contributed by atoms with van der Waals surface area (Å²) < 4.78 is 5.11. The van der Waals surface area contributed by atoms with Crippen LogP contribution in [0, 0.1) is 0 Å². The predicted molar refractivity (Wildman–Crippen MR) is 67.2 cm³/mol. The van der Waals surface area contributed by atoms with Gasteiger partial charge in [-0.2, -0.15) is 0 Å². The van der Waals surface area contributed by atoms with Crippen LogP contribution in [-0.4, -0.2) is 23.6 Å². The van der Waals surface area contributed by atoms with Gasteiger partial charge in [-0.15, -0.1) is 0 Å². The van der Waals surface area contributed by atoms with Crippen LogP contribution in [0.1, 0.15) is 5.56 Å². The fraction of sp³-hybridized carbons (Fsp3) is 0.231. The van der Waals surface area contributed by atoms with Crippen molar-refractivity contribution in [3.63, 3.8) is 0 Å². The lowest BCUT2D eigenvalue weighted by Gasteiger charge is -2.05. The molecule has 0 spiro atoms. The van der Waals surface area contributed by atoms with Crippen molar-refractivity contribution in [1.82, 2.24) is 9.97 Å². The number of benzene rings is 1. The van der Waals surface area contributed by atoms with Crippen molar-refractivity contribution in [2.75, 3.05) is 19.0 Å². The maximum atomic E-state index is 5.11. The van der Waals surface area contributed by atoms with Gasteiger partial charge in [0.2, 0.25) is 0 Å². The summed E-state index contributed by atoms with van der Waals surface area (Å²) in [6, 6.07) is 9.94. The molecule has 0 bridgehead atoms. The van der Waals surface area contributed by atoms with Gasteiger partial charge >= 0.3 is 0 Å². The first-order valence-electron chi connectivity index (χ1n) is 5.51. The third kappa shape index (κ3) is 4.22. The maximum absolute atomic E-state index is 5.11. The van der Waals surface area contributed by atoms with Gasteiger partial charge < -0.3 is 22.5 Å². The Morgan fingerprint density at radius 2 is 1.94 bits per heavy atom. The molecule has 4 nitrogen and oxygen atoms in total. The van der Waals surface area contributed by atoms with E-state index in [2.05, 4.69) is 27.4 Å². The van der Waals surface area contributed by atoms with E-state index in [0.717, 1.165) is 24.5 Å². The quantitative estimate of drug-likeness (QED) is 0.764. The van der Waals surface area contributed by atoms with Crippen molar-refractivity contribution >= 4 is 5.82 Å². The summed E-state index contributed by atoms with van der Waals surface area (Å²) in [5.74, 6) is 1.74. The summed E-state index contributed by atoms with van der Waals surface area (Å²) in [7, 11) is 1.67. The average molecular weight is 265 g/mol. The second-order valence-corrected chi connectivity index (χ2v) is 3.62. The van der Waals surface area contributed by atoms with Crippen LogP contribution >= 0.6 is 0 Å². The normalized spacial score (nSPS) is 9.39. The van der Waals surface area contributed by atoms with Crippen molar-refractivity contribution in [2.45, 2.75) is 6.42 Å². The van der Waals surface area contributed by atoms with E-state index in [9.17, 15) is 0 Å². The molecule has 1 heterocycles. The van der Waals surface area contributed by atoms with E-state index < -0.39 is 0 Å². The molecule has 18 heavy (non-hydrogen) atoms. The van der Waals surface area contributed by atoms with Crippen LogP contribution in [0.5, 0.6) is 5.75 Å². The minimum Gasteiger partial charge on any atom is -1.00 e. The molecule has 0 saturated carbocycles. The van der Waals surface area contributed by atoms with E-state index in [0.29, 0.717) is 0 Å². The summed E-state index contributed by atoms with van der Waals surface area (Å²) in [5, 5.41) is 3.24. The monoisotopic (exact) mass is 264 g/mol. The van der Waals surface area contributed by atoms with Crippen LogP contribution in [0.15, 0.2) is 42.9 Å². The lowest BCUT2D eigenvalue weighted by atomic mass is 10.1. The molecule has 1 aromatic heterocycles. The fourth-order valence-corrected chi connectivity index (χ4v) is 1.52. The average Bonchev–Trinajstić information content (AvgIpc) is 2.41. The maximum Gasteiger partial charge on any atom is 0.129 e. The molecule has 0 aliphatic carbocycles. The van der Waals surface area contributed by atoms with Crippen molar-refractivity contribution in [3.05, 3.63) is 48.4 Å². The summed E-state index contributed by atoms with van der Waals surface area (Å²) in [6.45, 7) is 0.851. The molecule has 96 valence electrons. The van der Waals surface area contributed by atoms with Crippen LogP contribution in [0.25, 0.3) is 0 Å². The number of nitrogens with one attached hydrogen (secondary N) is 1. The van der Waals surface area contributed by atoms with Gasteiger partial charge in [0.25, 0.3) is 0 Å². The highest BCUT2D eigenvalue weighted by molar-refractivity contribution is 5.32. The number of ether oxygens (including phenoxy) is 1. The molecule has 5 heteroatoms. The van der Waals surface area contributed by atoms with Gasteiger partial charge in [0.15, 0.2) is 0 Å². The van der Waals surface area contributed by atoms with Crippen LogP contribution in [0.3, 0.4) is 0 Å². The topological polar surface area (TPSA) is 47.0 Å². The SMILES string of the molecule is COc1ccc(CCNc2ccncn2)cc1.[Cl-]. The third-order valence-electron chi connectivity index (χ3n) is 2.46. The Hall–Kier alpha value is -1.81. The zero-order valence-corrected chi connectivity index (χ0v) is 10.9. The number of aromatic nitrogens is 2. The van der Waals surface area contributed by atoms with Gasteiger partial charge in [0.1, 0.15) is 17.9 Å². The van der Waals surface area contributed by atoms with Gasteiger partial charge in [-0.25, -0.2) is 9.97 Å². The van der Waals surface area contributed by atoms with Gasteiger partial charge in [0.05, 0.1) is 7.11 Å². The van der Waals surface area contributed by atoms with E-state index in [-0.39, 0.29) is 12.4 Å². The number of hydrogen-bond donors (Lipinski definition) is 1. The smallest absolute Gasteiger partial charge is 0.129 e. The molecule has 0 saturated heterocycles. The Balaban J connectivity index is 0.00000162. The number of methoxy groups -OCH3 is 1.